The van der Waals surface area contributed by atoms with Crippen LogP contribution in [0.5, 0.6) is 0 Å². The highest BCUT2D eigenvalue weighted by Gasteiger charge is 2.10. The fourth-order valence-electron chi connectivity index (χ4n) is 1.75. The highest BCUT2D eigenvalue weighted by atomic mass is 16.5. The van der Waals surface area contributed by atoms with Gasteiger partial charge in [-0.15, -0.1) is 0 Å². The van der Waals surface area contributed by atoms with Gasteiger partial charge in [0, 0.05) is 18.7 Å². The number of rotatable bonds is 5. The quantitative estimate of drug-likeness (QED) is 0.734. The van der Waals surface area contributed by atoms with Gasteiger partial charge in [0.25, 0.3) is 0 Å². The van der Waals surface area contributed by atoms with E-state index < -0.39 is 0 Å². The van der Waals surface area contributed by atoms with Crippen LogP contribution in [-0.2, 0) is 6.42 Å². The van der Waals surface area contributed by atoms with Gasteiger partial charge in [0.2, 0.25) is 11.7 Å². The first-order valence-electron chi connectivity index (χ1n) is 6.30. The molecule has 2 N–H and O–H groups in total. The number of aryl methyl sites for hydroxylation is 1. The number of nitrogens with one attached hydrogen (secondary N) is 2. The number of H-pyrrole nitrogens is 1. The van der Waals surface area contributed by atoms with E-state index in [-0.39, 0.29) is 0 Å². The summed E-state index contributed by atoms with van der Waals surface area (Å²) in [7, 11) is 0. The van der Waals surface area contributed by atoms with E-state index in [1.54, 1.807) is 0 Å². The molecule has 0 spiro atoms. The van der Waals surface area contributed by atoms with Crippen molar-refractivity contribution in [3.63, 3.8) is 0 Å². The fourth-order valence-corrected chi connectivity index (χ4v) is 1.75. The molecule has 0 aliphatic rings. The van der Waals surface area contributed by atoms with Crippen molar-refractivity contribution in [1.29, 1.82) is 0 Å². The minimum Gasteiger partial charge on any atom is -0.385 e. The summed E-state index contributed by atoms with van der Waals surface area (Å²) in [6.45, 7) is 2.79. The molecule has 0 saturated heterocycles. The Morgan fingerprint density at radius 2 is 2.10 bits per heavy atom. The van der Waals surface area contributed by atoms with E-state index in [1.165, 1.54) is 11.9 Å². The van der Waals surface area contributed by atoms with Crippen molar-refractivity contribution >= 4 is 5.69 Å². The molecule has 20 heavy (non-hydrogen) atoms. The molecule has 7 heteroatoms. The zero-order valence-corrected chi connectivity index (χ0v) is 11.0. The van der Waals surface area contributed by atoms with Gasteiger partial charge >= 0.3 is 0 Å². The molecule has 3 aromatic rings. The van der Waals surface area contributed by atoms with Crippen molar-refractivity contribution in [2.45, 2.75) is 13.3 Å². The van der Waals surface area contributed by atoms with Gasteiger partial charge in [0.1, 0.15) is 6.33 Å². The Bertz CT molecular complexity index is 658. The van der Waals surface area contributed by atoms with Crippen LogP contribution in [0.25, 0.3) is 11.6 Å². The number of nitrogens with zero attached hydrogens (tertiary/aromatic N) is 4. The number of hydrogen-bond donors (Lipinski definition) is 2. The van der Waals surface area contributed by atoms with Gasteiger partial charge in [-0.1, -0.05) is 22.9 Å². The standard InChI is InChI=1S/C13H14N6O/c1-9-2-4-10(5-3-9)14-7-6-11-17-13(19-20-11)12-15-8-16-18-12/h2-5,8,14H,6-7H2,1H3,(H,15,16,18). The lowest BCUT2D eigenvalue weighted by Crippen LogP contribution is -2.04. The molecule has 0 aliphatic heterocycles. The van der Waals surface area contributed by atoms with E-state index in [9.17, 15) is 0 Å². The van der Waals surface area contributed by atoms with Crippen molar-refractivity contribution in [2.24, 2.45) is 0 Å². The third kappa shape index (κ3) is 2.82. The second-order valence-electron chi connectivity index (χ2n) is 4.39. The van der Waals surface area contributed by atoms with Gasteiger partial charge in [-0.2, -0.15) is 10.1 Å². The second kappa shape index (κ2) is 5.52. The molecule has 0 aliphatic carbocycles. The summed E-state index contributed by atoms with van der Waals surface area (Å²) in [6, 6.07) is 8.22. The predicted octanol–water partition coefficient (Wildman–Crippen LogP) is 1.82. The molecule has 2 aromatic heterocycles. The zero-order valence-electron chi connectivity index (χ0n) is 11.0. The Kier molecular flexibility index (Phi) is 3.40. The predicted molar refractivity (Wildman–Crippen MR) is 73.0 cm³/mol. The largest absolute Gasteiger partial charge is 0.385 e. The summed E-state index contributed by atoms with van der Waals surface area (Å²) < 4.78 is 5.16. The molecule has 7 nitrogen and oxygen atoms in total. The minimum absolute atomic E-state index is 0.424. The first kappa shape index (κ1) is 12.3. The van der Waals surface area contributed by atoms with Crippen LogP contribution in [-0.4, -0.2) is 31.9 Å². The fraction of sp³-hybridized carbons (Fsp3) is 0.231. The number of anilines is 1. The Labute approximate surface area is 115 Å². The highest BCUT2D eigenvalue weighted by molar-refractivity contribution is 5.44. The maximum absolute atomic E-state index is 5.16. The summed E-state index contributed by atoms with van der Waals surface area (Å²) in [5.41, 5.74) is 2.31. The van der Waals surface area contributed by atoms with Crippen LogP contribution in [0.1, 0.15) is 11.5 Å². The number of aromatic amines is 1. The average molecular weight is 270 g/mol. The Morgan fingerprint density at radius 1 is 1.25 bits per heavy atom. The summed E-state index contributed by atoms with van der Waals surface area (Å²) >= 11 is 0. The smallest absolute Gasteiger partial charge is 0.239 e. The number of aromatic nitrogens is 5. The maximum Gasteiger partial charge on any atom is 0.239 e. The zero-order chi connectivity index (χ0) is 13.8. The summed E-state index contributed by atoms with van der Waals surface area (Å²) in [4.78, 5) is 8.22. The van der Waals surface area contributed by atoms with Crippen LogP contribution in [0, 0.1) is 6.92 Å². The molecule has 0 saturated carbocycles. The Morgan fingerprint density at radius 3 is 2.85 bits per heavy atom. The molecule has 0 amide bonds. The van der Waals surface area contributed by atoms with Crippen LogP contribution in [0.4, 0.5) is 5.69 Å². The monoisotopic (exact) mass is 270 g/mol. The van der Waals surface area contributed by atoms with Crippen LogP contribution in [0.15, 0.2) is 35.1 Å². The highest BCUT2D eigenvalue weighted by Crippen LogP contribution is 2.11. The molecule has 0 atom stereocenters. The van der Waals surface area contributed by atoms with Gasteiger partial charge in [-0.3, -0.25) is 5.10 Å². The molecule has 0 radical (unpaired) electrons. The molecular formula is C13H14N6O. The summed E-state index contributed by atoms with van der Waals surface area (Å²) in [5.74, 6) is 1.50. The van der Waals surface area contributed by atoms with E-state index in [0.717, 1.165) is 12.2 Å². The normalized spacial score (nSPS) is 10.7. The molecule has 3 rings (SSSR count). The lowest BCUT2D eigenvalue weighted by molar-refractivity contribution is 0.381. The van der Waals surface area contributed by atoms with Crippen molar-refractivity contribution in [2.75, 3.05) is 11.9 Å². The van der Waals surface area contributed by atoms with Gasteiger partial charge < -0.3 is 9.84 Å². The van der Waals surface area contributed by atoms with Crippen molar-refractivity contribution < 1.29 is 4.52 Å². The Hall–Kier alpha value is -2.70. The number of benzene rings is 1. The molecule has 0 fully saturated rings. The van der Waals surface area contributed by atoms with E-state index in [0.29, 0.717) is 24.0 Å². The second-order valence-corrected chi connectivity index (χ2v) is 4.39. The van der Waals surface area contributed by atoms with E-state index in [4.69, 9.17) is 4.52 Å². The van der Waals surface area contributed by atoms with Crippen LogP contribution in [0.2, 0.25) is 0 Å². The summed E-state index contributed by atoms with van der Waals surface area (Å²) in [5, 5.41) is 13.6. The van der Waals surface area contributed by atoms with Gasteiger partial charge in [0.05, 0.1) is 0 Å². The van der Waals surface area contributed by atoms with Crippen LogP contribution < -0.4 is 5.32 Å². The van der Waals surface area contributed by atoms with Crippen LogP contribution in [0.3, 0.4) is 0 Å². The van der Waals surface area contributed by atoms with E-state index in [1.807, 2.05) is 12.1 Å². The summed E-state index contributed by atoms with van der Waals surface area (Å²) in [6.07, 6.45) is 2.05. The van der Waals surface area contributed by atoms with E-state index >= 15 is 0 Å². The lowest BCUT2D eigenvalue weighted by atomic mass is 10.2. The van der Waals surface area contributed by atoms with Crippen molar-refractivity contribution in [3.8, 4) is 11.6 Å². The third-order valence-corrected chi connectivity index (χ3v) is 2.81. The lowest BCUT2D eigenvalue weighted by Gasteiger charge is -2.04. The van der Waals surface area contributed by atoms with E-state index in [2.05, 4.69) is 49.7 Å². The van der Waals surface area contributed by atoms with Gasteiger partial charge in [0.15, 0.2) is 5.82 Å². The molecule has 0 unspecified atom stereocenters. The van der Waals surface area contributed by atoms with Crippen molar-refractivity contribution in [1.82, 2.24) is 25.3 Å². The first-order chi connectivity index (χ1) is 9.81. The molecule has 102 valence electrons. The molecule has 0 bridgehead atoms. The van der Waals surface area contributed by atoms with Gasteiger partial charge in [-0.25, -0.2) is 4.98 Å². The first-order valence-corrected chi connectivity index (χ1v) is 6.30. The molecule has 1 aromatic carbocycles. The van der Waals surface area contributed by atoms with Crippen molar-refractivity contribution in [3.05, 3.63) is 42.0 Å². The maximum atomic E-state index is 5.16. The SMILES string of the molecule is Cc1ccc(NCCc2nc(-c3ncn[nH]3)no2)cc1. The third-order valence-electron chi connectivity index (χ3n) is 2.81. The Balaban J connectivity index is 1.55. The minimum atomic E-state index is 0.424. The molecular weight excluding hydrogens is 256 g/mol. The molecule has 2 heterocycles. The topological polar surface area (TPSA) is 92.5 Å². The number of hydrogen-bond acceptors (Lipinski definition) is 6. The average Bonchev–Trinajstić information content (AvgIpc) is 3.11. The van der Waals surface area contributed by atoms with Gasteiger partial charge in [-0.05, 0) is 19.1 Å². The van der Waals surface area contributed by atoms with Crippen LogP contribution >= 0.6 is 0 Å².